The summed E-state index contributed by atoms with van der Waals surface area (Å²) in [6, 6.07) is 5.86. The summed E-state index contributed by atoms with van der Waals surface area (Å²) in [5, 5.41) is 3.97. The van der Waals surface area contributed by atoms with E-state index in [1.807, 2.05) is 12.3 Å². The predicted molar refractivity (Wildman–Crippen MR) is 131 cm³/mol. The van der Waals surface area contributed by atoms with Crippen LogP contribution in [0, 0.1) is 0 Å². The molecule has 1 aliphatic carbocycles. The summed E-state index contributed by atoms with van der Waals surface area (Å²) in [4.78, 5) is 31.4. The van der Waals surface area contributed by atoms with Crippen molar-refractivity contribution in [1.29, 1.82) is 0 Å². The summed E-state index contributed by atoms with van der Waals surface area (Å²) < 4.78 is 1.76. The molecule has 33 heavy (non-hydrogen) atoms. The van der Waals surface area contributed by atoms with Crippen LogP contribution in [0.3, 0.4) is 0 Å². The number of nitrogen functional groups attached to an aromatic ring is 1. The molecule has 2 aliphatic rings. The van der Waals surface area contributed by atoms with Gasteiger partial charge in [0.2, 0.25) is 5.95 Å². The van der Waals surface area contributed by atoms with Crippen LogP contribution in [-0.2, 0) is 6.54 Å². The molecule has 0 unspecified atom stereocenters. The fourth-order valence-corrected chi connectivity index (χ4v) is 4.93. The Labute approximate surface area is 193 Å². The highest BCUT2D eigenvalue weighted by molar-refractivity contribution is 5.79. The van der Waals surface area contributed by atoms with Crippen molar-refractivity contribution in [1.82, 2.24) is 29.3 Å². The topological polar surface area (TPSA) is 105 Å². The summed E-state index contributed by atoms with van der Waals surface area (Å²) in [6.45, 7) is 8.68. The van der Waals surface area contributed by atoms with Gasteiger partial charge in [0.25, 0.3) is 5.56 Å². The summed E-state index contributed by atoms with van der Waals surface area (Å²) in [7, 11) is 0. The van der Waals surface area contributed by atoms with Gasteiger partial charge in [-0.1, -0.05) is 25.8 Å². The lowest BCUT2D eigenvalue weighted by molar-refractivity contribution is 0.132. The van der Waals surface area contributed by atoms with Crippen LogP contribution >= 0.6 is 0 Å². The lowest BCUT2D eigenvalue weighted by Gasteiger charge is -2.33. The molecular formula is C24H32N8O. The molecular weight excluding hydrogens is 416 g/mol. The number of rotatable bonds is 6. The molecule has 2 fully saturated rings. The molecule has 0 bridgehead atoms. The van der Waals surface area contributed by atoms with Crippen molar-refractivity contribution in [2.45, 2.75) is 45.2 Å². The minimum atomic E-state index is -0.165. The average Bonchev–Trinajstić information content (AvgIpc) is 3.36. The molecule has 5 rings (SSSR count). The van der Waals surface area contributed by atoms with Gasteiger partial charge < -0.3 is 16.0 Å². The molecule has 1 aliphatic heterocycles. The molecule has 3 N–H and O–H groups in total. The minimum absolute atomic E-state index is 0.142. The van der Waals surface area contributed by atoms with Crippen LogP contribution in [0.15, 0.2) is 35.4 Å². The van der Waals surface area contributed by atoms with Crippen LogP contribution < -0.4 is 16.6 Å². The number of nitrogens with zero attached hydrogens (tertiary/aromatic N) is 6. The van der Waals surface area contributed by atoms with Gasteiger partial charge in [-0.3, -0.25) is 14.3 Å². The largest absolute Gasteiger partial charge is 0.394 e. The molecule has 1 saturated heterocycles. The maximum atomic E-state index is 12.8. The Morgan fingerprint density at radius 1 is 1.06 bits per heavy atom. The fourth-order valence-electron chi connectivity index (χ4n) is 4.93. The number of likely N-dealkylation sites (N-methyl/N-ethyl adjacent to an activating group) is 1. The van der Waals surface area contributed by atoms with Crippen LogP contribution in [0.2, 0.25) is 0 Å². The molecule has 9 nitrogen and oxygen atoms in total. The van der Waals surface area contributed by atoms with Crippen molar-refractivity contribution in [2.24, 2.45) is 0 Å². The first-order valence-corrected chi connectivity index (χ1v) is 11.9. The SMILES string of the molecule is CCN1CCN(Cc2ccc(Nc3ncc4cc(N)c(=O)n(C5CCCC5)c4n3)nc2)CC1. The van der Waals surface area contributed by atoms with Gasteiger partial charge in [0.15, 0.2) is 0 Å². The number of nitrogens with one attached hydrogen (secondary N) is 1. The summed E-state index contributed by atoms with van der Waals surface area (Å²) in [5.74, 6) is 1.11. The number of fused-ring (bicyclic) bond motifs is 1. The van der Waals surface area contributed by atoms with Gasteiger partial charge >= 0.3 is 0 Å². The molecule has 9 heteroatoms. The zero-order valence-corrected chi connectivity index (χ0v) is 19.2. The first-order chi connectivity index (χ1) is 16.1. The Balaban J connectivity index is 1.32. The van der Waals surface area contributed by atoms with Crippen molar-refractivity contribution >= 4 is 28.5 Å². The van der Waals surface area contributed by atoms with Gasteiger partial charge in [-0.15, -0.1) is 0 Å². The van der Waals surface area contributed by atoms with E-state index in [0.29, 0.717) is 17.4 Å². The quantitative estimate of drug-likeness (QED) is 0.593. The van der Waals surface area contributed by atoms with Crippen LogP contribution in [0.4, 0.5) is 17.5 Å². The van der Waals surface area contributed by atoms with E-state index in [4.69, 9.17) is 5.73 Å². The Morgan fingerprint density at radius 3 is 2.52 bits per heavy atom. The van der Waals surface area contributed by atoms with E-state index in [2.05, 4.69) is 43.1 Å². The normalized spacial score (nSPS) is 18.2. The number of nitrogens with two attached hydrogens (primary N) is 1. The lowest BCUT2D eigenvalue weighted by Crippen LogP contribution is -2.45. The highest BCUT2D eigenvalue weighted by atomic mass is 16.1. The molecule has 174 valence electrons. The number of piperazine rings is 1. The summed E-state index contributed by atoms with van der Waals surface area (Å²) >= 11 is 0. The summed E-state index contributed by atoms with van der Waals surface area (Å²) in [5.41, 5.74) is 7.88. The number of hydrogen-bond donors (Lipinski definition) is 2. The minimum Gasteiger partial charge on any atom is -0.394 e. The zero-order chi connectivity index (χ0) is 22.8. The molecule has 0 amide bonds. The van der Waals surface area contributed by atoms with Gasteiger partial charge in [0.05, 0.1) is 5.69 Å². The van der Waals surface area contributed by atoms with Crippen LogP contribution in [0.5, 0.6) is 0 Å². The van der Waals surface area contributed by atoms with Crippen molar-refractivity contribution in [3.63, 3.8) is 0 Å². The third-order valence-electron chi connectivity index (χ3n) is 6.87. The monoisotopic (exact) mass is 448 g/mol. The van der Waals surface area contributed by atoms with E-state index in [1.165, 1.54) is 5.56 Å². The second kappa shape index (κ2) is 9.44. The fraction of sp³-hybridized carbons (Fsp3) is 0.500. The highest BCUT2D eigenvalue weighted by Gasteiger charge is 2.22. The van der Waals surface area contributed by atoms with Gasteiger partial charge in [-0.25, -0.2) is 9.97 Å². The Kier molecular flexibility index (Phi) is 6.24. The van der Waals surface area contributed by atoms with E-state index in [1.54, 1.807) is 16.8 Å². The number of hydrogen-bond acceptors (Lipinski definition) is 8. The molecule has 1 saturated carbocycles. The van der Waals surface area contributed by atoms with Gasteiger partial charge in [-0.05, 0) is 37.1 Å². The smallest absolute Gasteiger partial charge is 0.275 e. The third-order valence-corrected chi connectivity index (χ3v) is 6.87. The maximum absolute atomic E-state index is 12.8. The molecule has 3 aromatic rings. The van der Waals surface area contributed by atoms with E-state index in [9.17, 15) is 4.79 Å². The van der Waals surface area contributed by atoms with Crippen molar-refractivity contribution in [2.75, 3.05) is 43.8 Å². The Hall–Kier alpha value is -3.04. The predicted octanol–water partition coefficient (Wildman–Crippen LogP) is 2.76. The molecule has 0 radical (unpaired) electrons. The lowest BCUT2D eigenvalue weighted by atomic mass is 10.2. The van der Waals surface area contributed by atoms with Gasteiger partial charge in [-0.2, -0.15) is 4.98 Å². The first-order valence-electron chi connectivity index (χ1n) is 11.9. The second-order valence-electron chi connectivity index (χ2n) is 9.07. The highest BCUT2D eigenvalue weighted by Crippen LogP contribution is 2.31. The Bertz CT molecular complexity index is 1160. The second-order valence-corrected chi connectivity index (χ2v) is 9.07. The maximum Gasteiger partial charge on any atom is 0.275 e. The van der Waals surface area contributed by atoms with Gasteiger partial charge in [0, 0.05) is 56.5 Å². The molecule has 0 aromatic carbocycles. The van der Waals surface area contributed by atoms with Crippen molar-refractivity contribution in [3.8, 4) is 0 Å². The first kappa shape index (κ1) is 21.8. The number of pyridine rings is 2. The van der Waals surface area contributed by atoms with E-state index in [0.717, 1.165) is 70.3 Å². The molecule has 0 spiro atoms. The summed E-state index contributed by atoms with van der Waals surface area (Å²) in [6.07, 6.45) is 7.81. The Morgan fingerprint density at radius 2 is 1.82 bits per heavy atom. The molecule has 4 heterocycles. The standard InChI is InChI=1S/C24H32N8O/c1-2-30-9-11-31(12-10-30)16-17-7-8-21(26-14-17)28-24-27-15-18-13-20(25)23(33)32(22(18)29-24)19-5-3-4-6-19/h7-8,13-15,19H,2-6,9-12,16,25H2,1H3,(H,26,27,28,29). The van der Waals surface area contributed by atoms with Gasteiger partial charge in [0.1, 0.15) is 11.5 Å². The van der Waals surface area contributed by atoms with Crippen LogP contribution in [-0.4, -0.2) is 62.0 Å². The van der Waals surface area contributed by atoms with E-state index < -0.39 is 0 Å². The number of anilines is 3. The third kappa shape index (κ3) is 4.69. The van der Waals surface area contributed by atoms with Crippen LogP contribution in [0.1, 0.15) is 44.2 Å². The van der Waals surface area contributed by atoms with E-state index >= 15 is 0 Å². The van der Waals surface area contributed by atoms with Crippen molar-refractivity contribution < 1.29 is 0 Å². The molecule has 3 aromatic heterocycles. The van der Waals surface area contributed by atoms with E-state index in [-0.39, 0.29) is 17.3 Å². The zero-order valence-electron chi connectivity index (χ0n) is 19.2. The average molecular weight is 449 g/mol. The van der Waals surface area contributed by atoms with Crippen LogP contribution in [0.25, 0.3) is 11.0 Å². The van der Waals surface area contributed by atoms with Crippen molar-refractivity contribution in [3.05, 3.63) is 46.5 Å². The molecule has 0 atom stereocenters. The number of aromatic nitrogens is 4.